The molecule has 0 aliphatic heterocycles. The monoisotopic (exact) mass is 293 g/mol. The van der Waals surface area contributed by atoms with Crippen molar-refractivity contribution in [3.8, 4) is 0 Å². The van der Waals surface area contributed by atoms with Crippen LogP contribution in [0.25, 0.3) is 11.2 Å². The molecule has 0 spiro atoms. The Morgan fingerprint density at radius 1 is 1.30 bits per heavy atom. The van der Waals surface area contributed by atoms with Crippen LogP contribution in [0.5, 0.6) is 0 Å². The number of hydrogen-bond acceptors (Lipinski definition) is 4. The number of nitrogens with one attached hydrogen (secondary N) is 1. The Morgan fingerprint density at radius 2 is 2.10 bits per heavy atom. The number of aryl methyl sites for hydroxylation is 1. The molecule has 1 aliphatic rings. The van der Waals surface area contributed by atoms with Crippen molar-refractivity contribution >= 4 is 28.6 Å². The molecule has 20 heavy (non-hydrogen) atoms. The zero-order chi connectivity index (χ0) is 13.9. The first-order valence-corrected chi connectivity index (χ1v) is 7.80. The van der Waals surface area contributed by atoms with Crippen LogP contribution in [0.2, 0.25) is 5.28 Å². The summed E-state index contributed by atoms with van der Waals surface area (Å²) >= 11 is 6.02. The van der Waals surface area contributed by atoms with Crippen LogP contribution >= 0.6 is 11.6 Å². The minimum absolute atomic E-state index is 0.262. The Hall–Kier alpha value is -1.36. The minimum atomic E-state index is 0.262. The van der Waals surface area contributed by atoms with Gasteiger partial charge in [0, 0.05) is 12.6 Å². The molecule has 2 heterocycles. The van der Waals surface area contributed by atoms with Crippen LogP contribution < -0.4 is 5.32 Å². The van der Waals surface area contributed by atoms with Gasteiger partial charge in [-0.15, -0.1) is 0 Å². The molecular formula is C14H20ClN5. The Kier molecular flexibility index (Phi) is 4.05. The first-order chi connectivity index (χ1) is 9.78. The van der Waals surface area contributed by atoms with Gasteiger partial charge in [-0.1, -0.05) is 26.2 Å². The van der Waals surface area contributed by atoms with E-state index in [1.165, 1.54) is 32.1 Å². The fourth-order valence-electron chi connectivity index (χ4n) is 2.90. The van der Waals surface area contributed by atoms with E-state index in [0.29, 0.717) is 11.7 Å². The Bertz CT molecular complexity index is 589. The first-order valence-electron chi connectivity index (χ1n) is 7.43. The third-order valence-corrected chi connectivity index (χ3v) is 4.02. The van der Waals surface area contributed by atoms with Crippen LogP contribution in [0, 0.1) is 0 Å². The molecule has 2 aromatic rings. The van der Waals surface area contributed by atoms with Gasteiger partial charge in [0.1, 0.15) is 5.52 Å². The summed E-state index contributed by atoms with van der Waals surface area (Å²) in [6.07, 6.45) is 9.19. The summed E-state index contributed by atoms with van der Waals surface area (Å²) in [6, 6.07) is 0.489. The molecule has 1 aliphatic carbocycles. The van der Waals surface area contributed by atoms with E-state index in [9.17, 15) is 0 Å². The highest BCUT2D eigenvalue weighted by Crippen LogP contribution is 2.26. The standard InChI is InChI=1S/C14H20ClN5/c1-2-8-20-9-16-12-11(20)13(19-14(15)18-12)17-10-6-4-3-5-7-10/h9-10H,2-8H2,1H3,(H,17,18,19). The van der Waals surface area contributed by atoms with Gasteiger partial charge in [-0.25, -0.2) is 4.98 Å². The van der Waals surface area contributed by atoms with E-state index in [1.54, 1.807) is 0 Å². The fraction of sp³-hybridized carbons (Fsp3) is 0.643. The van der Waals surface area contributed by atoms with Crippen molar-refractivity contribution in [1.29, 1.82) is 0 Å². The van der Waals surface area contributed by atoms with Gasteiger partial charge in [0.15, 0.2) is 11.5 Å². The number of nitrogens with zero attached hydrogens (tertiary/aromatic N) is 4. The van der Waals surface area contributed by atoms with Crippen LogP contribution in [0.4, 0.5) is 5.82 Å². The van der Waals surface area contributed by atoms with Crippen LogP contribution in [0.3, 0.4) is 0 Å². The topological polar surface area (TPSA) is 55.6 Å². The van der Waals surface area contributed by atoms with Crippen molar-refractivity contribution in [1.82, 2.24) is 19.5 Å². The molecule has 1 fully saturated rings. The lowest BCUT2D eigenvalue weighted by Crippen LogP contribution is -2.23. The zero-order valence-corrected chi connectivity index (χ0v) is 12.5. The third kappa shape index (κ3) is 2.73. The second-order valence-corrected chi connectivity index (χ2v) is 5.77. The van der Waals surface area contributed by atoms with E-state index < -0.39 is 0 Å². The number of fused-ring (bicyclic) bond motifs is 1. The number of imidazole rings is 1. The summed E-state index contributed by atoms with van der Waals surface area (Å²) in [4.78, 5) is 12.9. The molecule has 5 nitrogen and oxygen atoms in total. The molecule has 6 heteroatoms. The average Bonchev–Trinajstić information content (AvgIpc) is 2.83. The minimum Gasteiger partial charge on any atom is -0.365 e. The van der Waals surface area contributed by atoms with Crippen molar-refractivity contribution < 1.29 is 0 Å². The maximum Gasteiger partial charge on any atom is 0.226 e. The molecule has 0 amide bonds. The highest BCUT2D eigenvalue weighted by atomic mass is 35.5. The molecule has 0 bridgehead atoms. The van der Waals surface area contributed by atoms with Crippen molar-refractivity contribution in [3.63, 3.8) is 0 Å². The molecule has 1 N–H and O–H groups in total. The molecule has 108 valence electrons. The number of halogens is 1. The molecule has 2 aromatic heterocycles. The van der Waals surface area contributed by atoms with Gasteiger partial charge in [-0.2, -0.15) is 9.97 Å². The molecule has 3 rings (SSSR count). The van der Waals surface area contributed by atoms with Gasteiger partial charge in [-0.3, -0.25) is 0 Å². The maximum absolute atomic E-state index is 6.02. The average molecular weight is 294 g/mol. The second kappa shape index (κ2) is 5.95. The predicted octanol–water partition coefficient (Wildman–Crippen LogP) is 3.63. The van der Waals surface area contributed by atoms with E-state index >= 15 is 0 Å². The summed E-state index contributed by atoms with van der Waals surface area (Å²) < 4.78 is 2.11. The van der Waals surface area contributed by atoms with Crippen LogP contribution in [0.1, 0.15) is 45.4 Å². The Balaban J connectivity index is 1.96. The van der Waals surface area contributed by atoms with Crippen LogP contribution in [0.15, 0.2) is 6.33 Å². The van der Waals surface area contributed by atoms with E-state index in [1.807, 2.05) is 6.33 Å². The lowest BCUT2D eigenvalue weighted by atomic mass is 9.95. The Morgan fingerprint density at radius 3 is 2.85 bits per heavy atom. The number of rotatable bonds is 4. The highest BCUT2D eigenvalue weighted by Gasteiger charge is 2.18. The van der Waals surface area contributed by atoms with E-state index in [-0.39, 0.29) is 5.28 Å². The Labute approximate surface area is 123 Å². The smallest absolute Gasteiger partial charge is 0.226 e. The fourth-order valence-corrected chi connectivity index (χ4v) is 3.07. The van der Waals surface area contributed by atoms with Crippen molar-refractivity contribution in [2.75, 3.05) is 5.32 Å². The first kappa shape index (κ1) is 13.6. The van der Waals surface area contributed by atoms with Gasteiger partial charge < -0.3 is 9.88 Å². The maximum atomic E-state index is 6.02. The lowest BCUT2D eigenvalue weighted by molar-refractivity contribution is 0.462. The third-order valence-electron chi connectivity index (χ3n) is 3.86. The van der Waals surface area contributed by atoms with Gasteiger partial charge in [0.25, 0.3) is 0 Å². The molecule has 1 saturated carbocycles. The van der Waals surface area contributed by atoms with Crippen molar-refractivity contribution in [3.05, 3.63) is 11.6 Å². The molecule has 0 saturated heterocycles. The molecule has 0 atom stereocenters. The predicted molar refractivity (Wildman–Crippen MR) is 81.1 cm³/mol. The van der Waals surface area contributed by atoms with E-state index in [4.69, 9.17) is 11.6 Å². The van der Waals surface area contributed by atoms with E-state index in [2.05, 4.69) is 31.8 Å². The second-order valence-electron chi connectivity index (χ2n) is 5.43. The van der Waals surface area contributed by atoms with Crippen molar-refractivity contribution in [2.45, 2.75) is 58.0 Å². The quantitative estimate of drug-likeness (QED) is 0.875. The zero-order valence-electron chi connectivity index (χ0n) is 11.8. The SMILES string of the molecule is CCCn1cnc2nc(Cl)nc(NC3CCCCC3)c21. The summed E-state index contributed by atoms with van der Waals surface area (Å²) in [5.41, 5.74) is 1.65. The number of anilines is 1. The van der Waals surface area contributed by atoms with Crippen LogP contribution in [-0.4, -0.2) is 25.6 Å². The normalized spacial score (nSPS) is 16.7. The van der Waals surface area contributed by atoms with Gasteiger partial charge in [0.2, 0.25) is 5.28 Å². The lowest BCUT2D eigenvalue weighted by Gasteiger charge is -2.23. The van der Waals surface area contributed by atoms with Crippen LogP contribution in [-0.2, 0) is 6.54 Å². The highest BCUT2D eigenvalue weighted by molar-refractivity contribution is 6.28. The van der Waals surface area contributed by atoms with Gasteiger partial charge in [-0.05, 0) is 30.9 Å². The summed E-state index contributed by atoms with van der Waals surface area (Å²) in [7, 11) is 0. The summed E-state index contributed by atoms with van der Waals surface area (Å²) in [5, 5.41) is 3.81. The van der Waals surface area contributed by atoms with Crippen molar-refractivity contribution in [2.24, 2.45) is 0 Å². The number of hydrogen-bond donors (Lipinski definition) is 1. The molecule has 0 radical (unpaired) electrons. The van der Waals surface area contributed by atoms with Gasteiger partial charge >= 0.3 is 0 Å². The summed E-state index contributed by atoms with van der Waals surface area (Å²) in [5.74, 6) is 0.831. The molecular weight excluding hydrogens is 274 g/mol. The van der Waals surface area contributed by atoms with Gasteiger partial charge in [0.05, 0.1) is 6.33 Å². The summed E-state index contributed by atoms with van der Waals surface area (Å²) in [6.45, 7) is 3.07. The molecule has 0 unspecified atom stereocenters. The molecule has 0 aromatic carbocycles. The largest absolute Gasteiger partial charge is 0.365 e. The van der Waals surface area contributed by atoms with E-state index in [0.717, 1.165) is 24.3 Å². The number of aromatic nitrogens is 4.